The van der Waals surface area contributed by atoms with Gasteiger partial charge in [-0.3, -0.25) is 0 Å². The van der Waals surface area contributed by atoms with Gasteiger partial charge in [-0.2, -0.15) is 0 Å². The highest BCUT2D eigenvalue weighted by atomic mass is 31.1. The Bertz CT molecular complexity index is 115. The van der Waals surface area contributed by atoms with Crippen LogP contribution in [0.25, 0.3) is 0 Å². The van der Waals surface area contributed by atoms with Crippen molar-refractivity contribution < 1.29 is 9.46 Å². The Balaban J connectivity index is 3.17. The van der Waals surface area contributed by atoms with E-state index in [4.69, 9.17) is 0 Å². The van der Waals surface area contributed by atoms with Gasteiger partial charge in [0.05, 0.1) is 0 Å². The molecule has 2 atom stereocenters. The normalized spacial score (nSPS) is 14.6. The molecule has 11 heavy (non-hydrogen) atoms. The summed E-state index contributed by atoms with van der Waals surface area (Å²) in [5, 5.41) is 0. The standard InChI is InChI=1S/C8H17O2P/c1-3-4-5-6-7-8(2)11(9)10/h8H,3-7H2,1-2H3. The van der Waals surface area contributed by atoms with E-state index in [1.807, 2.05) is 0 Å². The van der Waals surface area contributed by atoms with Crippen LogP contribution in [0.3, 0.4) is 0 Å². The zero-order valence-electron chi connectivity index (χ0n) is 7.38. The molecule has 0 aliphatic rings. The molecule has 0 aromatic carbocycles. The molecule has 0 saturated heterocycles. The van der Waals surface area contributed by atoms with Crippen LogP contribution in [0.2, 0.25) is 0 Å². The van der Waals surface area contributed by atoms with E-state index in [9.17, 15) is 9.46 Å². The predicted molar refractivity (Wildman–Crippen MR) is 45.8 cm³/mol. The second kappa shape index (κ2) is 6.75. The van der Waals surface area contributed by atoms with Gasteiger partial charge >= 0.3 is 8.03 Å². The summed E-state index contributed by atoms with van der Waals surface area (Å²) in [6.45, 7) is 3.93. The van der Waals surface area contributed by atoms with E-state index in [-0.39, 0.29) is 5.66 Å². The topological polar surface area (TPSA) is 40.1 Å². The van der Waals surface area contributed by atoms with Crippen molar-refractivity contribution in [3.05, 3.63) is 0 Å². The van der Waals surface area contributed by atoms with E-state index in [0.717, 1.165) is 12.8 Å². The lowest BCUT2D eigenvalue weighted by Gasteiger charge is -2.01. The second-order valence-electron chi connectivity index (χ2n) is 2.98. The summed E-state index contributed by atoms with van der Waals surface area (Å²) < 4.78 is 10.4. The molecular weight excluding hydrogens is 159 g/mol. The molecule has 0 aliphatic heterocycles. The molecule has 0 aromatic heterocycles. The first kappa shape index (κ1) is 11.1. The van der Waals surface area contributed by atoms with Gasteiger partial charge < -0.3 is 4.89 Å². The minimum Gasteiger partial charge on any atom is -0.595 e. The van der Waals surface area contributed by atoms with Crippen LogP contribution in [0.4, 0.5) is 0 Å². The number of hydrogen-bond acceptors (Lipinski definition) is 2. The lowest BCUT2D eigenvalue weighted by molar-refractivity contribution is -0.166. The third kappa shape index (κ3) is 6.46. The van der Waals surface area contributed by atoms with Crippen LogP contribution in [0, 0.1) is 0 Å². The van der Waals surface area contributed by atoms with Crippen molar-refractivity contribution >= 4 is 8.03 Å². The maximum atomic E-state index is 10.4. The van der Waals surface area contributed by atoms with Crippen LogP contribution in [0.15, 0.2) is 0 Å². The summed E-state index contributed by atoms with van der Waals surface area (Å²) in [6, 6.07) is 0. The first-order chi connectivity index (χ1) is 5.18. The minimum atomic E-state index is -2.18. The zero-order valence-corrected chi connectivity index (χ0v) is 8.27. The van der Waals surface area contributed by atoms with Gasteiger partial charge in [-0.05, 0) is 19.8 Å². The van der Waals surface area contributed by atoms with Gasteiger partial charge in [-0.25, -0.2) is 0 Å². The molecule has 0 fully saturated rings. The van der Waals surface area contributed by atoms with Crippen LogP contribution in [-0.2, 0) is 4.57 Å². The van der Waals surface area contributed by atoms with Crippen molar-refractivity contribution in [3.8, 4) is 0 Å². The summed E-state index contributed by atoms with van der Waals surface area (Å²) in [7, 11) is -2.18. The molecule has 0 saturated carbocycles. The van der Waals surface area contributed by atoms with Crippen molar-refractivity contribution in [2.75, 3.05) is 0 Å². The molecule has 0 radical (unpaired) electrons. The third-order valence-electron chi connectivity index (χ3n) is 1.84. The second-order valence-corrected chi connectivity index (χ2v) is 4.44. The smallest absolute Gasteiger partial charge is 0.311 e. The van der Waals surface area contributed by atoms with E-state index in [1.54, 1.807) is 6.92 Å². The van der Waals surface area contributed by atoms with Crippen molar-refractivity contribution in [1.29, 1.82) is 0 Å². The highest BCUT2D eigenvalue weighted by Crippen LogP contribution is 2.22. The zero-order chi connectivity index (χ0) is 8.69. The molecule has 0 heterocycles. The van der Waals surface area contributed by atoms with Gasteiger partial charge in [-0.1, -0.05) is 30.8 Å². The van der Waals surface area contributed by atoms with Crippen molar-refractivity contribution in [3.63, 3.8) is 0 Å². The first-order valence-corrected chi connectivity index (χ1v) is 5.56. The molecule has 2 nitrogen and oxygen atoms in total. The Morgan fingerprint density at radius 2 is 2.00 bits per heavy atom. The Labute approximate surface area is 69.9 Å². The molecule has 3 heteroatoms. The summed E-state index contributed by atoms with van der Waals surface area (Å²) in [5.74, 6) is 0. The lowest BCUT2D eigenvalue weighted by Crippen LogP contribution is -2.03. The van der Waals surface area contributed by atoms with Gasteiger partial charge in [0, 0.05) is 0 Å². The van der Waals surface area contributed by atoms with Crippen LogP contribution in [0.5, 0.6) is 0 Å². The Hall–Kier alpha value is 0.0600. The first-order valence-electron chi connectivity index (χ1n) is 4.32. The largest absolute Gasteiger partial charge is 0.595 e. The summed E-state index contributed by atoms with van der Waals surface area (Å²) in [5.41, 5.74) is -0.123. The van der Waals surface area contributed by atoms with E-state index >= 15 is 0 Å². The van der Waals surface area contributed by atoms with Crippen molar-refractivity contribution in [1.82, 2.24) is 0 Å². The number of unbranched alkanes of at least 4 members (excludes halogenated alkanes) is 3. The molecule has 0 aromatic rings. The Morgan fingerprint density at radius 3 is 2.45 bits per heavy atom. The maximum absolute atomic E-state index is 10.4. The van der Waals surface area contributed by atoms with Crippen LogP contribution < -0.4 is 4.89 Å². The summed E-state index contributed by atoms with van der Waals surface area (Å²) in [4.78, 5) is 10.4. The Morgan fingerprint density at radius 1 is 1.36 bits per heavy atom. The van der Waals surface area contributed by atoms with E-state index in [1.165, 1.54) is 19.3 Å². The molecule has 66 valence electrons. The minimum absolute atomic E-state index is 0.123. The fourth-order valence-electron chi connectivity index (χ4n) is 0.972. The predicted octanol–water partition coefficient (Wildman–Crippen LogP) is 2.45. The number of hydrogen-bond donors (Lipinski definition) is 0. The summed E-state index contributed by atoms with van der Waals surface area (Å²) in [6.07, 6.45) is 5.49. The molecule has 2 unspecified atom stereocenters. The monoisotopic (exact) mass is 176 g/mol. The van der Waals surface area contributed by atoms with Crippen molar-refractivity contribution in [2.24, 2.45) is 0 Å². The van der Waals surface area contributed by atoms with Crippen LogP contribution >= 0.6 is 8.03 Å². The lowest BCUT2D eigenvalue weighted by atomic mass is 10.1. The van der Waals surface area contributed by atoms with Crippen LogP contribution in [-0.4, -0.2) is 5.66 Å². The van der Waals surface area contributed by atoms with E-state index < -0.39 is 8.03 Å². The van der Waals surface area contributed by atoms with Crippen LogP contribution in [0.1, 0.15) is 46.0 Å². The molecule has 0 N–H and O–H groups in total. The molecular formula is C8H17O2P. The van der Waals surface area contributed by atoms with Gasteiger partial charge in [0.1, 0.15) is 5.66 Å². The Kier molecular flexibility index (Phi) is 6.79. The summed E-state index contributed by atoms with van der Waals surface area (Å²) >= 11 is 0. The van der Waals surface area contributed by atoms with Gasteiger partial charge in [0.15, 0.2) is 0 Å². The highest BCUT2D eigenvalue weighted by Gasteiger charge is 2.13. The molecule has 0 amide bonds. The van der Waals surface area contributed by atoms with Crippen molar-refractivity contribution in [2.45, 2.75) is 51.6 Å². The third-order valence-corrected chi connectivity index (χ3v) is 2.81. The fourth-order valence-corrected chi connectivity index (χ4v) is 1.37. The maximum Gasteiger partial charge on any atom is 0.311 e. The molecule has 0 bridgehead atoms. The highest BCUT2D eigenvalue weighted by molar-refractivity contribution is 7.37. The fraction of sp³-hybridized carbons (Fsp3) is 1.00. The average Bonchev–Trinajstić information content (AvgIpc) is 1.97. The quantitative estimate of drug-likeness (QED) is 0.460. The van der Waals surface area contributed by atoms with E-state index in [2.05, 4.69) is 6.92 Å². The molecule has 0 rings (SSSR count). The number of rotatable bonds is 6. The van der Waals surface area contributed by atoms with Gasteiger partial charge in [0.2, 0.25) is 0 Å². The van der Waals surface area contributed by atoms with Gasteiger partial charge in [-0.15, -0.1) is 0 Å². The van der Waals surface area contributed by atoms with Gasteiger partial charge in [0.25, 0.3) is 0 Å². The SMILES string of the molecule is CCCCCCC(C)[P+](=O)[O-]. The molecule has 0 aliphatic carbocycles. The van der Waals surface area contributed by atoms with E-state index in [0.29, 0.717) is 0 Å². The average molecular weight is 176 g/mol. The molecule has 0 spiro atoms.